The van der Waals surface area contributed by atoms with Gasteiger partial charge in [-0.3, -0.25) is 0 Å². The molecule has 0 unspecified atom stereocenters. The Morgan fingerprint density at radius 3 is 2.70 bits per heavy atom. The van der Waals surface area contributed by atoms with Crippen LogP contribution in [0.1, 0.15) is 19.4 Å². The summed E-state index contributed by atoms with van der Waals surface area (Å²) in [7, 11) is 0. The van der Waals surface area contributed by atoms with Crippen molar-refractivity contribution >= 4 is 11.9 Å². The van der Waals surface area contributed by atoms with E-state index in [-0.39, 0.29) is 11.8 Å². The highest BCUT2D eigenvalue weighted by molar-refractivity contribution is 6.11. The Labute approximate surface area is 116 Å². The molecule has 1 saturated heterocycles. The number of nitrogens with zero attached hydrogens (tertiary/aromatic N) is 1. The topological polar surface area (TPSA) is 57.1 Å². The fraction of sp³-hybridized carbons (Fsp3) is 0.333. The lowest BCUT2D eigenvalue weighted by molar-refractivity contribution is -0.134. The molecule has 0 saturated carbocycles. The lowest BCUT2D eigenvalue weighted by Gasteiger charge is -2.15. The highest BCUT2D eigenvalue weighted by atomic mass is 16.7. The van der Waals surface area contributed by atoms with E-state index < -0.39 is 11.8 Å². The summed E-state index contributed by atoms with van der Waals surface area (Å²) >= 11 is 0. The number of hydrogen-bond acceptors (Lipinski definition) is 5. The molecule has 2 aliphatic rings. The zero-order valence-electron chi connectivity index (χ0n) is 11.3. The summed E-state index contributed by atoms with van der Waals surface area (Å²) < 4.78 is 16.2. The first-order valence-corrected chi connectivity index (χ1v) is 6.43. The summed E-state index contributed by atoms with van der Waals surface area (Å²) in [5.74, 6) is -0.770. The summed E-state index contributed by atoms with van der Waals surface area (Å²) in [6.07, 6.45) is 1.36. The Morgan fingerprint density at radius 2 is 2.05 bits per heavy atom. The van der Waals surface area contributed by atoms with E-state index in [0.29, 0.717) is 12.5 Å². The van der Waals surface area contributed by atoms with Gasteiger partial charge in [-0.25, -0.2) is 9.79 Å². The van der Waals surface area contributed by atoms with Crippen LogP contribution < -0.4 is 0 Å². The number of esters is 1. The van der Waals surface area contributed by atoms with E-state index in [0.717, 1.165) is 5.56 Å². The molecule has 2 heterocycles. The molecule has 2 aliphatic heterocycles. The molecule has 0 bridgehead atoms. The molecule has 5 nitrogen and oxygen atoms in total. The van der Waals surface area contributed by atoms with Gasteiger partial charge < -0.3 is 14.2 Å². The molecule has 1 aromatic carbocycles. The highest BCUT2D eigenvalue weighted by Gasteiger charge is 2.33. The van der Waals surface area contributed by atoms with Crippen molar-refractivity contribution in [1.82, 2.24) is 0 Å². The molecule has 0 N–H and O–H groups in total. The minimum absolute atomic E-state index is 0.259. The quantitative estimate of drug-likeness (QED) is 0.611. The Morgan fingerprint density at radius 1 is 1.30 bits per heavy atom. The van der Waals surface area contributed by atoms with Crippen LogP contribution in [-0.2, 0) is 19.0 Å². The van der Waals surface area contributed by atoms with Gasteiger partial charge in [0, 0.05) is 5.56 Å². The van der Waals surface area contributed by atoms with Crippen LogP contribution in [-0.4, -0.2) is 30.4 Å². The summed E-state index contributed by atoms with van der Waals surface area (Å²) in [6.45, 7) is 4.06. The average Bonchev–Trinajstić information content (AvgIpc) is 2.95. The van der Waals surface area contributed by atoms with E-state index in [1.165, 1.54) is 0 Å². The van der Waals surface area contributed by atoms with Crippen LogP contribution in [0.15, 0.2) is 47.1 Å². The fourth-order valence-corrected chi connectivity index (χ4v) is 2.10. The summed E-state index contributed by atoms with van der Waals surface area (Å²) in [6, 6.07) is 9.30. The van der Waals surface area contributed by atoms with Gasteiger partial charge in [0.25, 0.3) is 0 Å². The van der Waals surface area contributed by atoms with E-state index >= 15 is 0 Å². The molecule has 104 valence electrons. The highest BCUT2D eigenvalue weighted by Crippen LogP contribution is 2.25. The number of cyclic esters (lactones) is 1. The van der Waals surface area contributed by atoms with Gasteiger partial charge >= 0.3 is 5.97 Å². The van der Waals surface area contributed by atoms with Crippen molar-refractivity contribution in [3.8, 4) is 0 Å². The summed E-state index contributed by atoms with van der Waals surface area (Å²) in [5.41, 5.74) is 1.03. The van der Waals surface area contributed by atoms with Gasteiger partial charge in [-0.2, -0.15) is 0 Å². The molecule has 5 heteroatoms. The maximum Gasteiger partial charge on any atom is 0.363 e. The molecule has 1 fully saturated rings. The molecule has 0 amide bonds. The van der Waals surface area contributed by atoms with Crippen LogP contribution in [0.3, 0.4) is 0 Å². The van der Waals surface area contributed by atoms with Crippen molar-refractivity contribution < 1.29 is 19.0 Å². The second-order valence-corrected chi connectivity index (χ2v) is 5.09. The maximum absolute atomic E-state index is 11.8. The maximum atomic E-state index is 11.8. The second-order valence-electron chi connectivity index (χ2n) is 5.09. The lowest BCUT2D eigenvalue weighted by atomic mass is 10.2. The summed E-state index contributed by atoms with van der Waals surface area (Å²) in [4.78, 5) is 16.0. The molecule has 0 aromatic heterocycles. The first-order chi connectivity index (χ1) is 9.53. The predicted molar refractivity (Wildman–Crippen MR) is 72.1 cm³/mol. The van der Waals surface area contributed by atoms with Crippen molar-refractivity contribution in [2.75, 3.05) is 6.61 Å². The molecule has 1 atom stereocenters. The Kier molecular flexibility index (Phi) is 3.16. The van der Waals surface area contributed by atoms with Crippen molar-refractivity contribution in [3.05, 3.63) is 47.7 Å². The van der Waals surface area contributed by atoms with E-state index in [1.807, 2.05) is 44.2 Å². The molecule has 0 spiro atoms. The molecule has 1 aromatic rings. The van der Waals surface area contributed by atoms with E-state index in [4.69, 9.17) is 14.2 Å². The van der Waals surface area contributed by atoms with Crippen molar-refractivity contribution in [3.63, 3.8) is 0 Å². The first kappa shape index (κ1) is 13.0. The monoisotopic (exact) mass is 273 g/mol. The number of carbonyl (C=O) groups is 1. The number of benzene rings is 1. The molecular weight excluding hydrogens is 258 g/mol. The predicted octanol–water partition coefficient (Wildman–Crippen LogP) is 2.03. The van der Waals surface area contributed by atoms with Crippen LogP contribution in [0, 0.1) is 0 Å². The van der Waals surface area contributed by atoms with Crippen LogP contribution in [0.25, 0.3) is 0 Å². The number of carbonyl (C=O) groups excluding carboxylic acids is 1. The molecule has 0 aliphatic carbocycles. The number of ether oxygens (including phenoxy) is 3. The minimum Gasteiger partial charge on any atom is -0.402 e. The van der Waals surface area contributed by atoms with Crippen molar-refractivity contribution in [1.29, 1.82) is 0 Å². The van der Waals surface area contributed by atoms with Gasteiger partial charge in [-0.15, -0.1) is 0 Å². The molecule has 0 radical (unpaired) electrons. The first-order valence-electron chi connectivity index (χ1n) is 6.43. The van der Waals surface area contributed by atoms with E-state index in [1.54, 1.807) is 6.08 Å². The Hall–Kier alpha value is -1.98. The average molecular weight is 273 g/mol. The van der Waals surface area contributed by atoms with Crippen molar-refractivity contribution in [2.24, 2.45) is 4.99 Å². The molecular formula is C15H15NO4. The zero-order valence-corrected chi connectivity index (χ0v) is 11.3. The lowest BCUT2D eigenvalue weighted by Crippen LogP contribution is -2.21. The van der Waals surface area contributed by atoms with Crippen LogP contribution in [0.5, 0.6) is 0 Å². The standard InChI is InChI=1S/C15H15NO4/c1-15(2)18-9-11(20-15)8-12-14(17)19-13(16-12)10-6-4-3-5-7-10/h3-8,11H,9H2,1-2H3/b12-8-/t11-/m1/s1. The van der Waals surface area contributed by atoms with Crippen LogP contribution >= 0.6 is 0 Å². The van der Waals surface area contributed by atoms with Gasteiger partial charge in [-0.1, -0.05) is 18.2 Å². The SMILES string of the molecule is CC1(C)OC[C@@H](/C=C2\N=C(c3ccccc3)OC2=O)O1. The van der Waals surface area contributed by atoms with Gasteiger partial charge in [-0.05, 0) is 32.1 Å². The number of rotatable bonds is 2. The van der Waals surface area contributed by atoms with Gasteiger partial charge in [0.05, 0.1) is 6.61 Å². The molecule has 20 heavy (non-hydrogen) atoms. The van der Waals surface area contributed by atoms with Gasteiger partial charge in [0.2, 0.25) is 5.90 Å². The van der Waals surface area contributed by atoms with Gasteiger partial charge in [0.15, 0.2) is 11.5 Å². The van der Waals surface area contributed by atoms with Crippen LogP contribution in [0.2, 0.25) is 0 Å². The Bertz CT molecular complexity index is 589. The third-order valence-corrected chi connectivity index (χ3v) is 3.02. The van der Waals surface area contributed by atoms with Crippen molar-refractivity contribution in [2.45, 2.75) is 25.7 Å². The third kappa shape index (κ3) is 2.64. The normalized spacial score (nSPS) is 26.7. The number of aliphatic imine (C=N–C) groups is 1. The third-order valence-electron chi connectivity index (χ3n) is 3.02. The van der Waals surface area contributed by atoms with Crippen LogP contribution in [0.4, 0.5) is 0 Å². The molecule has 3 rings (SSSR count). The fourth-order valence-electron chi connectivity index (χ4n) is 2.10. The Balaban J connectivity index is 1.81. The summed E-state index contributed by atoms with van der Waals surface area (Å²) in [5, 5.41) is 0. The van der Waals surface area contributed by atoms with E-state index in [9.17, 15) is 4.79 Å². The second kappa shape index (κ2) is 4.85. The zero-order chi connectivity index (χ0) is 14.2. The van der Waals surface area contributed by atoms with Gasteiger partial charge in [0.1, 0.15) is 6.10 Å². The number of hydrogen-bond donors (Lipinski definition) is 0. The van der Waals surface area contributed by atoms with E-state index in [2.05, 4.69) is 4.99 Å². The minimum atomic E-state index is -0.629. The smallest absolute Gasteiger partial charge is 0.363 e. The largest absolute Gasteiger partial charge is 0.402 e.